The van der Waals surface area contributed by atoms with Crippen molar-refractivity contribution in [3.63, 3.8) is 0 Å². The summed E-state index contributed by atoms with van der Waals surface area (Å²) in [4.78, 5) is 2.35. The number of hydrogen-bond acceptors (Lipinski definition) is 5. The van der Waals surface area contributed by atoms with Gasteiger partial charge in [-0.15, -0.1) is 16.4 Å². The van der Waals surface area contributed by atoms with Gasteiger partial charge in [0.15, 0.2) is 0 Å². The Morgan fingerprint density at radius 2 is 2.22 bits per heavy atom. The van der Waals surface area contributed by atoms with Crippen LogP contribution >= 0.6 is 34.5 Å². The van der Waals surface area contributed by atoms with Crippen LogP contribution in [0.3, 0.4) is 0 Å². The third-order valence-corrected chi connectivity index (χ3v) is 4.90. The molecule has 2 aromatic heterocycles. The first-order chi connectivity index (χ1) is 8.77. The summed E-state index contributed by atoms with van der Waals surface area (Å²) in [5, 5.41) is 10.6. The summed E-state index contributed by atoms with van der Waals surface area (Å²) < 4.78 is 4.10. The highest BCUT2D eigenvalue weighted by Gasteiger charge is 2.23. The lowest BCUT2D eigenvalue weighted by molar-refractivity contribution is 0.639. The molecular weight excluding hydrogens is 286 g/mol. The molecule has 0 amide bonds. The Hall–Kier alpha value is -0.490. The molecule has 18 heavy (non-hydrogen) atoms. The van der Waals surface area contributed by atoms with Crippen LogP contribution in [-0.2, 0) is 6.42 Å². The van der Waals surface area contributed by atoms with E-state index >= 15 is 0 Å². The third-order valence-electron chi connectivity index (χ3n) is 2.65. The molecule has 3 nitrogen and oxygen atoms in total. The Morgan fingerprint density at radius 1 is 1.39 bits per heavy atom. The quantitative estimate of drug-likeness (QED) is 0.879. The molecule has 0 bridgehead atoms. The molecule has 0 fully saturated rings. The first-order valence-corrected chi connectivity index (χ1v) is 8.08. The molecular formula is C12H16ClN3S2. The van der Waals surface area contributed by atoms with E-state index in [1.807, 2.05) is 11.4 Å². The maximum absolute atomic E-state index is 6.25. The summed E-state index contributed by atoms with van der Waals surface area (Å²) in [6, 6.07) is 2.07. The monoisotopic (exact) mass is 301 g/mol. The second-order valence-corrected chi connectivity index (χ2v) is 6.10. The van der Waals surface area contributed by atoms with E-state index in [0.29, 0.717) is 0 Å². The lowest BCUT2D eigenvalue weighted by atomic mass is 10.1. The molecule has 0 aliphatic heterocycles. The summed E-state index contributed by atoms with van der Waals surface area (Å²) in [7, 11) is 0. The first-order valence-electron chi connectivity index (χ1n) is 6.05. The fourth-order valence-corrected chi connectivity index (χ4v) is 3.97. The zero-order valence-electron chi connectivity index (χ0n) is 10.4. The number of nitrogens with one attached hydrogen (secondary N) is 1. The van der Waals surface area contributed by atoms with Crippen molar-refractivity contribution >= 4 is 34.5 Å². The van der Waals surface area contributed by atoms with Crippen molar-refractivity contribution < 1.29 is 0 Å². The van der Waals surface area contributed by atoms with Crippen molar-refractivity contribution in [3.8, 4) is 0 Å². The average Bonchev–Trinajstić information content (AvgIpc) is 2.96. The fourth-order valence-electron chi connectivity index (χ4n) is 1.86. The van der Waals surface area contributed by atoms with Crippen molar-refractivity contribution in [3.05, 3.63) is 31.9 Å². The average molecular weight is 302 g/mol. The summed E-state index contributed by atoms with van der Waals surface area (Å²) in [6.45, 7) is 5.15. The Balaban J connectivity index is 2.35. The van der Waals surface area contributed by atoms with Crippen LogP contribution in [0, 0.1) is 0 Å². The van der Waals surface area contributed by atoms with Crippen LogP contribution in [0.15, 0.2) is 11.4 Å². The molecule has 6 heteroatoms. The van der Waals surface area contributed by atoms with E-state index in [1.165, 1.54) is 16.4 Å². The van der Waals surface area contributed by atoms with Crippen LogP contribution < -0.4 is 5.32 Å². The number of hydrogen-bond donors (Lipinski definition) is 1. The molecule has 0 radical (unpaired) electrons. The lowest BCUT2D eigenvalue weighted by Crippen LogP contribution is -2.21. The topological polar surface area (TPSA) is 37.8 Å². The van der Waals surface area contributed by atoms with Gasteiger partial charge in [0, 0.05) is 4.88 Å². The van der Waals surface area contributed by atoms with E-state index in [0.717, 1.165) is 35.0 Å². The van der Waals surface area contributed by atoms with Gasteiger partial charge in [-0.05, 0) is 35.9 Å². The van der Waals surface area contributed by atoms with Gasteiger partial charge < -0.3 is 5.32 Å². The number of nitrogens with zero attached hydrogens (tertiary/aromatic N) is 2. The second-order valence-electron chi connectivity index (χ2n) is 3.96. The minimum absolute atomic E-state index is 0.129. The van der Waals surface area contributed by atoms with Gasteiger partial charge in [-0.1, -0.05) is 36.4 Å². The molecule has 0 saturated heterocycles. The smallest absolute Gasteiger partial charge is 0.0815 e. The number of thiophene rings is 1. The number of aryl methyl sites for hydroxylation is 1. The third kappa shape index (κ3) is 2.91. The van der Waals surface area contributed by atoms with Crippen molar-refractivity contribution in [2.75, 3.05) is 6.54 Å². The van der Waals surface area contributed by atoms with Crippen LogP contribution in [-0.4, -0.2) is 16.1 Å². The molecule has 1 N–H and O–H groups in total. The van der Waals surface area contributed by atoms with Gasteiger partial charge in [-0.25, -0.2) is 0 Å². The fraction of sp³-hybridized carbons (Fsp3) is 0.500. The van der Waals surface area contributed by atoms with Crippen LogP contribution in [0.5, 0.6) is 0 Å². The largest absolute Gasteiger partial charge is 0.305 e. The Kier molecular flexibility index (Phi) is 5.12. The molecule has 1 unspecified atom stereocenters. The van der Waals surface area contributed by atoms with E-state index in [1.54, 1.807) is 11.3 Å². The Morgan fingerprint density at radius 3 is 2.83 bits per heavy atom. The second kappa shape index (κ2) is 6.61. The van der Waals surface area contributed by atoms with Gasteiger partial charge in [-0.3, -0.25) is 0 Å². The normalized spacial score (nSPS) is 12.8. The maximum atomic E-state index is 6.25. The molecule has 0 aliphatic rings. The number of rotatable bonds is 6. The number of aromatic nitrogens is 2. The Bertz CT molecular complexity index is 495. The summed E-state index contributed by atoms with van der Waals surface area (Å²) >= 11 is 9.40. The molecule has 1 atom stereocenters. The van der Waals surface area contributed by atoms with Crippen molar-refractivity contribution in [2.45, 2.75) is 32.7 Å². The molecule has 2 heterocycles. The standard InChI is InChI=1S/C12H16ClN3S2/c1-3-5-9-12(18-16-15-9)10(14-4-2)11-8(13)6-7-17-11/h6-7,10,14H,3-5H2,1-2H3. The summed E-state index contributed by atoms with van der Waals surface area (Å²) in [5.41, 5.74) is 1.10. The minimum Gasteiger partial charge on any atom is -0.305 e. The van der Waals surface area contributed by atoms with Crippen molar-refractivity contribution in [2.24, 2.45) is 0 Å². The molecule has 98 valence electrons. The molecule has 2 rings (SSSR count). The van der Waals surface area contributed by atoms with Crippen LogP contribution in [0.1, 0.15) is 41.8 Å². The maximum Gasteiger partial charge on any atom is 0.0815 e. The number of halogens is 1. The van der Waals surface area contributed by atoms with E-state index in [4.69, 9.17) is 11.6 Å². The van der Waals surface area contributed by atoms with E-state index < -0.39 is 0 Å². The lowest BCUT2D eigenvalue weighted by Gasteiger charge is -2.16. The van der Waals surface area contributed by atoms with Crippen LogP contribution in [0.2, 0.25) is 5.02 Å². The van der Waals surface area contributed by atoms with E-state index in [-0.39, 0.29) is 6.04 Å². The predicted octanol–water partition coefficient (Wildman–Crippen LogP) is 3.90. The van der Waals surface area contributed by atoms with Gasteiger partial charge in [0.05, 0.1) is 21.6 Å². The molecule has 0 saturated carbocycles. The molecule has 0 spiro atoms. The van der Waals surface area contributed by atoms with Gasteiger partial charge in [0.1, 0.15) is 0 Å². The summed E-state index contributed by atoms with van der Waals surface area (Å²) in [6.07, 6.45) is 2.05. The Labute approximate surface area is 120 Å². The zero-order valence-corrected chi connectivity index (χ0v) is 12.8. The summed E-state index contributed by atoms with van der Waals surface area (Å²) in [5.74, 6) is 0. The molecule has 2 aromatic rings. The highest BCUT2D eigenvalue weighted by Crippen LogP contribution is 2.35. The highest BCUT2D eigenvalue weighted by atomic mass is 35.5. The van der Waals surface area contributed by atoms with Crippen LogP contribution in [0.4, 0.5) is 0 Å². The van der Waals surface area contributed by atoms with Crippen LogP contribution in [0.25, 0.3) is 0 Å². The highest BCUT2D eigenvalue weighted by molar-refractivity contribution is 7.11. The minimum atomic E-state index is 0.129. The molecule has 0 aromatic carbocycles. The van der Waals surface area contributed by atoms with Gasteiger partial charge >= 0.3 is 0 Å². The SMILES string of the molecule is CCCc1nnsc1C(NCC)c1sccc1Cl. The van der Waals surface area contributed by atoms with Crippen molar-refractivity contribution in [1.29, 1.82) is 0 Å². The van der Waals surface area contributed by atoms with Gasteiger partial charge in [0.2, 0.25) is 0 Å². The first kappa shape index (κ1) is 13.9. The molecule has 0 aliphatic carbocycles. The van der Waals surface area contributed by atoms with E-state index in [2.05, 4.69) is 28.8 Å². The van der Waals surface area contributed by atoms with Crippen molar-refractivity contribution in [1.82, 2.24) is 14.9 Å². The van der Waals surface area contributed by atoms with Gasteiger partial charge in [-0.2, -0.15) is 0 Å². The van der Waals surface area contributed by atoms with E-state index in [9.17, 15) is 0 Å². The predicted molar refractivity (Wildman–Crippen MR) is 78.8 cm³/mol. The van der Waals surface area contributed by atoms with Gasteiger partial charge in [0.25, 0.3) is 0 Å². The zero-order chi connectivity index (χ0) is 13.0.